The maximum Gasteiger partial charge on any atom is 0.330 e. The van der Waals surface area contributed by atoms with Crippen LogP contribution in [0.3, 0.4) is 0 Å². The second-order valence-corrected chi connectivity index (χ2v) is 5.07. The van der Waals surface area contributed by atoms with Gasteiger partial charge in [-0.1, -0.05) is 0 Å². The van der Waals surface area contributed by atoms with Crippen molar-refractivity contribution >= 4 is 11.9 Å². The summed E-state index contributed by atoms with van der Waals surface area (Å²) in [7, 11) is 0. The Morgan fingerprint density at radius 3 is 2.50 bits per heavy atom. The van der Waals surface area contributed by atoms with Gasteiger partial charge in [0.25, 0.3) is 11.4 Å². The molecule has 1 saturated heterocycles. The van der Waals surface area contributed by atoms with Crippen molar-refractivity contribution in [2.24, 2.45) is 0 Å². The van der Waals surface area contributed by atoms with E-state index in [0.29, 0.717) is 0 Å². The zero-order valence-corrected chi connectivity index (χ0v) is 12.7. The molecule has 0 aliphatic carbocycles. The number of aliphatic hydroxyl groups excluding tert-OH is 1. The smallest absolute Gasteiger partial charge is 0.330 e. The fourth-order valence-corrected chi connectivity index (χ4v) is 2.35. The summed E-state index contributed by atoms with van der Waals surface area (Å²) in [4.78, 5) is 47.4. The van der Waals surface area contributed by atoms with E-state index in [1.54, 1.807) is 0 Å². The average molecular weight is 346 g/mol. The van der Waals surface area contributed by atoms with Crippen LogP contribution in [0, 0.1) is 0 Å². The number of carbonyl (C=O) groups is 2. The van der Waals surface area contributed by atoms with Crippen LogP contribution in [0.1, 0.15) is 20.1 Å². The van der Waals surface area contributed by atoms with Gasteiger partial charge in [0.15, 0.2) is 12.3 Å². The summed E-state index contributed by atoms with van der Waals surface area (Å²) < 4.78 is 30.3. The molecule has 10 nitrogen and oxygen atoms in total. The predicted molar refractivity (Wildman–Crippen MR) is 73.5 cm³/mol. The Hall–Kier alpha value is -2.53. The Morgan fingerprint density at radius 1 is 1.38 bits per heavy atom. The van der Waals surface area contributed by atoms with Gasteiger partial charge in [-0.25, -0.2) is 9.18 Å². The van der Waals surface area contributed by atoms with Gasteiger partial charge in [-0.05, 0) is 0 Å². The molecule has 24 heavy (non-hydrogen) atoms. The largest absolute Gasteiger partial charge is 0.453 e. The number of alkyl halides is 1. The minimum atomic E-state index is -2.91. The Labute approximate surface area is 133 Å². The molecule has 11 heteroatoms. The van der Waals surface area contributed by atoms with Gasteiger partial charge in [0.2, 0.25) is 6.10 Å². The lowest BCUT2D eigenvalue weighted by Gasteiger charge is -2.25. The van der Waals surface area contributed by atoms with Crippen molar-refractivity contribution in [1.82, 2.24) is 9.55 Å². The standard InChI is InChI=1S/C13H15FN2O8/c1-6(18)22-9-10(23-7(2)19)13(14,5-17)24-11(9)16-4-3-8(20)15-12(16)21/h3-4,9-11,17H,5H2,1-2H3,(H,15,20,21)/t9-,10+,11-,13-/m1/s1. The zero-order chi connectivity index (χ0) is 18.1. The Kier molecular flexibility index (Phi) is 4.85. The number of esters is 2. The van der Waals surface area contributed by atoms with E-state index in [0.717, 1.165) is 30.7 Å². The van der Waals surface area contributed by atoms with Gasteiger partial charge in [-0.15, -0.1) is 0 Å². The van der Waals surface area contributed by atoms with Crippen LogP contribution in [0.2, 0.25) is 0 Å². The molecule has 0 spiro atoms. The number of halogens is 1. The first-order chi connectivity index (χ1) is 11.2. The van der Waals surface area contributed by atoms with Crippen molar-refractivity contribution in [3.63, 3.8) is 0 Å². The van der Waals surface area contributed by atoms with E-state index < -0.39 is 54.1 Å². The van der Waals surface area contributed by atoms with E-state index >= 15 is 0 Å². The van der Waals surface area contributed by atoms with Crippen LogP contribution >= 0.6 is 0 Å². The molecule has 1 fully saturated rings. The number of nitrogens with one attached hydrogen (secondary N) is 1. The molecule has 0 unspecified atom stereocenters. The highest BCUT2D eigenvalue weighted by Gasteiger charge is 2.61. The molecule has 2 rings (SSSR count). The van der Waals surface area contributed by atoms with E-state index in [4.69, 9.17) is 14.2 Å². The van der Waals surface area contributed by atoms with Crippen molar-refractivity contribution in [3.05, 3.63) is 33.1 Å². The minimum absolute atomic E-state index is 0.705. The Bertz CT molecular complexity index is 759. The third-order valence-corrected chi connectivity index (χ3v) is 3.26. The number of aromatic nitrogens is 2. The second kappa shape index (κ2) is 6.53. The van der Waals surface area contributed by atoms with Crippen LogP contribution in [0.25, 0.3) is 0 Å². The molecule has 0 radical (unpaired) electrons. The van der Waals surface area contributed by atoms with Crippen LogP contribution < -0.4 is 11.2 Å². The molecule has 0 bridgehead atoms. The summed E-state index contributed by atoms with van der Waals surface area (Å²) in [6.45, 7) is 0.786. The molecule has 0 aromatic carbocycles. The van der Waals surface area contributed by atoms with E-state index in [9.17, 15) is 28.7 Å². The molecule has 132 valence electrons. The van der Waals surface area contributed by atoms with Crippen LogP contribution in [0.5, 0.6) is 0 Å². The third-order valence-electron chi connectivity index (χ3n) is 3.26. The molecule has 2 N–H and O–H groups in total. The fraction of sp³-hybridized carbons (Fsp3) is 0.538. The molecule has 1 aromatic rings. The number of nitrogens with zero attached hydrogens (tertiary/aromatic N) is 1. The van der Waals surface area contributed by atoms with Gasteiger partial charge in [-0.3, -0.25) is 23.9 Å². The summed E-state index contributed by atoms with van der Waals surface area (Å²) in [6.07, 6.45) is -3.95. The van der Waals surface area contributed by atoms with Gasteiger partial charge >= 0.3 is 17.6 Å². The highest BCUT2D eigenvalue weighted by Crippen LogP contribution is 2.41. The van der Waals surface area contributed by atoms with Crippen LogP contribution in [-0.2, 0) is 23.8 Å². The lowest BCUT2D eigenvalue weighted by molar-refractivity contribution is -0.216. The number of carbonyl (C=O) groups excluding carboxylic acids is 2. The molecular weight excluding hydrogens is 331 g/mol. The monoisotopic (exact) mass is 346 g/mol. The van der Waals surface area contributed by atoms with Gasteiger partial charge < -0.3 is 19.3 Å². The lowest BCUT2D eigenvalue weighted by atomic mass is 10.1. The number of hydrogen-bond donors (Lipinski definition) is 2. The fourth-order valence-electron chi connectivity index (χ4n) is 2.35. The van der Waals surface area contributed by atoms with Crippen LogP contribution in [-0.4, -0.2) is 51.3 Å². The number of rotatable bonds is 4. The topological polar surface area (TPSA) is 137 Å². The number of aliphatic hydroxyl groups is 1. The van der Waals surface area contributed by atoms with E-state index in [1.807, 2.05) is 4.98 Å². The zero-order valence-electron chi connectivity index (χ0n) is 12.7. The maximum absolute atomic E-state index is 14.8. The highest BCUT2D eigenvalue weighted by molar-refractivity contribution is 5.67. The SMILES string of the molecule is CC(=O)O[C@H]1[C@H](n2ccc(=O)[nH]c2=O)O[C@](F)(CO)[C@H]1OC(C)=O. The average Bonchev–Trinajstić information content (AvgIpc) is 2.72. The summed E-state index contributed by atoms with van der Waals surface area (Å²) in [5, 5.41) is 9.26. The summed E-state index contributed by atoms with van der Waals surface area (Å²) in [5.74, 6) is -4.68. The Morgan fingerprint density at radius 2 is 2.00 bits per heavy atom. The third kappa shape index (κ3) is 3.36. The first kappa shape index (κ1) is 17.8. The number of ether oxygens (including phenoxy) is 3. The highest BCUT2D eigenvalue weighted by atomic mass is 19.2. The van der Waals surface area contributed by atoms with E-state index in [2.05, 4.69) is 0 Å². The maximum atomic E-state index is 14.8. The van der Waals surface area contributed by atoms with Crippen molar-refractivity contribution in [3.8, 4) is 0 Å². The molecular formula is C13H15FN2O8. The summed E-state index contributed by atoms with van der Waals surface area (Å²) in [5.41, 5.74) is -1.67. The van der Waals surface area contributed by atoms with Crippen LogP contribution in [0.15, 0.2) is 21.9 Å². The van der Waals surface area contributed by atoms with Crippen molar-refractivity contribution in [1.29, 1.82) is 0 Å². The molecule has 4 atom stereocenters. The van der Waals surface area contributed by atoms with Gasteiger partial charge in [0.1, 0.15) is 6.61 Å². The van der Waals surface area contributed by atoms with Gasteiger partial charge in [-0.2, -0.15) is 0 Å². The van der Waals surface area contributed by atoms with Gasteiger partial charge in [0.05, 0.1) is 0 Å². The number of H-pyrrole nitrogens is 1. The predicted octanol–water partition coefficient (Wildman–Crippen LogP) is -1.41. The van der Waals surface area contributed by atoms with Crippen LogP contribution in [0.4, 0.5) is 4.39 Å². The van der Waals surface area contributed by atoms with Crippen molar-refractivity contribution in [2.45, 2.75) is 38.1 Å². The molecule has 2 heterocycles. The molecule has 1 aromatic heterocycles. The number of aromatic amines is 1. The van der Waals surface area contributed by atoms with E-state index in [1.165, 1.54) is 0 Å². The second-order valence-electron chi connectivity index (χ2n) is 5.07. The summed E-state index contributed by atoms with van der Waals surface area (Å²) in [6, 6.07) is 0.966. The normalized spacial score (nSPS) is 29.2. The minimum Gasteiger partial charge on any atom is -0.453 e. The van der Waals surface area contributed by atoms with Gasteiger partial charge in [0, 0.05) is 26.1 Å². The number of hydrogen-bond acceptors (Lipinski definition) is 8. The first-order valence-corrected chi connectivity index (χ1v) is 6.81. The quantitative estimate of drug-likeness (QED) is 0.634. The molecule has 1 aliphatic rings. The first-order valence-electron chi connectivity index (χ1n) is 6.81. The Balaban J connectivity index is 2.52. The van der Waals surface area contributed by atoms with Crippen molar-refractivity contribution in [2.75, 3.05) is 6.61 Å². The van der Waals surface area contributed by atoms with Crippen molar-refractivity contribution < 1.29 is 33.3 Å². The lowest BCUT2D eigenvalue weighted by Crippen LogP contribution is -2.46. The molecule has 1 aliphatic heterocycles. The summed E-state index contributed by atoms with van der Waals surface area (Å²) >= 11 is 0. The van der Waals surface area contributed by atoms with E-state index in [-0.39, 0.29) is 0 Å². The molecule has 0 saturated carbocycles. The molecule has 0 amide bonds.